The minimum Gasteiger partial charge on any atom is -0.480 e. The van der Waals surface area contributed by atoms with E-state index in [4.69, 9.17) is 17.3 Å². The van der Waals surface area contributed by atoms with Gasteiger partial charge in [0.1, 0.15) is 9.57 Å². The molecule has 16 heavy (non-hydrogen) atoms. The number of hydrogen-bond donors (Lipinski definition) is 1. The minimum atomic E-state index is -0.836. The Bertz CT molecular complexity index is 364. The molecule has 0 fully saturated rings. The SMILES string of the molecule is C[C@@H](SC(=S)N(C)Cc1cccs1)C(=O)O. The molecule has 0 radical (unpaired) electrons. The van der Waals surface area contributed by atoms with Crippen LogP contribution in [0.3, 0.4) is 0 Å². The van der Waals surface area contributed by atoms with Gasteiger partial charge < -0.3 is 10.0 Å². The summed E-state index contributed by atoms with van der Waals surface area (Å²) in [6, 6.07) is 4.03. The first-order chi connectivity index (χ1) is 7.50. The maximum Gasteiger partial charge on any atom is 0.316 e. The van der Waals surface area contributed by atoms with Crippen molar-refractivity contribution in [2.45, 2.75) is 18.7 Å². The fourth-order valence-electron chi connectivity index (χ4n) is 0.992. The summed E-state index contributed by atoms with van der Waals surface area (Å²) in [6.45, 7) is 2.37. The third-order valence-electron chi connectivity index (χ3n) is 1.91. The molecule has 1 aromatic rings. The Morgan fingerprint density at radius 1 is 1.75 bits per heavy atom. The van der Waals surface area contributed by atoms with Gasteiger partial charge in [-0.05, 0) is 18.4 Å². The first kappa shape index (κ1) is 13.5. The lowest BCUT2D eigenvalue weighted by Gasteiger charge is -2.19. The highest BCUT2D eigenvalue weighted by Gasteiger charge is 2.16. The summed E-state index contributed by atoms with van der Waals surface area (Å²) in [7, 11) is 1.88. The maximum atomic E-state index is 10.7. The van der Waals surface area contributed by atoms with E-state index in [0.717, 1.165) is 6.54 Å². The lowest BCUT2D eigenvalue weighted by molar-refractivity contribution is -0.136. The molecule has 6 heteroatoms. The molecule has 0 unspecified atom stereocenters. The Hall–Kier alpha value is -0.590. The van der Waals surface area contributed by atoms with E-state index in [1.54, 1.807) is 18.3 Å². The van der Waals surface area contributed by atoms with Crippen molar-refractivity contribution in [3.63, 3.8) is 0 Å². The molecule has 1 heterocycles. The highest BCUT2D eigenvalue weighted by molar-refractivity contribution is 8.23. The molecule has 0 aliphatic rings. The number of carboxylic acids is 1. The lowest BCUT2D eigenvalue weighted by Crippen LogP contribution is -2.25. The molecule has 0 amide bonds. The van der Waals surface area contributed by atoms with Gasteiger partial charge in [0.05, 0.1) is 6.54 Å². The molecule has 0 aromatic carbocycles. The number of thiocarbonyl (C=S) groups is 1. The molecule has 3 nitrogen and oxygen atoms in total. The predicted molar refractivity (Wildman–Crippen MR) is 73.1 cm³/mol. The molecule has 88 valence electrons. The summed E-state index contributed by atoms with van der Waals surface area (Å²) in [5, 5.41) is 10.3. The van der Waals surface area contributed by atoms with Crippen LogP contribution in [-0.4, -0.2) is 32.6 Å². The van der Waals surface area contributed by atoms with Crippen molar-refractivity contribution in [1.29, 1.82) is 0 Å². The predicted octanol–water partition coefficient (Wildman–Crippen LogP) is 2.67. The van der Waals surface area contributed by atoms with Crippen molar-refractivity contribution in [3.05, 3.63) is 22.4 Å². The normalized spacial score (nSPS) is 12.1. The molecule has 0 aliphatic heterocycles. The molecule has 0 saturated carbocycles. The topological polar surface area (TPSA) is 40.5 Å². The van der Waals surface area contributed by atoms with Crippen molar-refractivity contribution in [2.75, 3.05) is 7.05 Å². The summed E-state index contributed by atoms with van der Waals surface area (Å²) in [6.07, 6.45) is 0. The van der Waals surface area contributed by atoms with E-state index in [-0.39, 0.29) is 0 Å². The molecule has 0 aliphatic carbocycles. The first-order valence-electron chi connectivity index (χ1n) is 4.67. The number of hydrogen-bond acceptors (Lipinski definition) is 4. The molecule has 0 bridgehead atoms. The second-order valence-corrected chi connectivity index (χ2v) is 6.31. The Labute approximate surface area is 108 Å². The van der Waals surface area contributed by atoms with Crippen LogP contribution in [0.25, 0.3) is 0 Å². The molecule has 1 N–H and O–H groups in total. The zero-order chi connectivity index (χ0) is 12.1. The van der Waals surface area contributed by atoms with Gasteiger partial charge in [-0.2, -0.15) is 0 Å². The van der Waals surface area contributed by atoms with Gasteiger partial charge in [0.2, 0.25) is 0 Å². The Morgan fingerprint density at radius 2 is 2.44 bits per heavy atom. The number of aliphatic carboxylic acids is 1. The highest BCUT2D eigenvalue weighted by Crippen LogP contribution is 2.18. The quantitative estimate of drug-likeness (QED) is 0.856. The summed E-state index contributed by atoms with van der Waals surface area (Å²) in [5.41, 5.74) is 0. The van der Waals surface area contributed by atoms with Crippen LogP contribution < -0.4 is 0 Å². The summed E-state index contributed by atoms with van der Waals surface area (Å²) in [4.78, 5) is 13.8. The summed E-state index contributed by atoms with van der Waals surface area (Å²) >= 11 is 8.04. The van der Waals surface area contributed by atoms with Gasteiger partial charge in [-0.1, -0.05) is 30.0 Å². The molecule has 0 spiro atoms. The molecular weight excluding hydrogens is 262 g/mol. The number of nitrogens with zero attached hydrogens (tertiary/aromatic N) is 1. The van der Waals surface area contributed by atoms with Crippen molar-refractivity contribution in [1.82, 2.24) is 4.90 Å². The van der Waals surface area contributed by atoms with Crippen molar-refractivity contribution in [2.24, 2.45) is 0 Å². The zero-order valence-corrected chi connectivity index (χ0v) is 11.5. The molecule has 1 atom stereocenters. The van der Waals surface area contributed by atoms with Crippen LogP contribution in [0.1, 0.15) is 11.8 Å². The van der Waals surface area contributed by atoms with Crippen LogP contribution in [0.2, 0.25) is 0 Å². The van der Waals surface area contributed by atoms with Gasteiger partial charge >= 0.3 is 5.97 Å². The number of thiophene rings is 1. The fraction of sp³-hybridized carbons (Fsp3) is 0.400. The van der Waals surface area contributed by atoms with Crippen LogP contribution in [0.4, 0.5) is 0 Å². The monoisotopic (exact) mass is 275 g/mol. The van der Waals surface area contributed by atoms with E-state index >= 15 is 0 Å². The second-order valence-electron chi connectivity index (χ2n) is 3.30. The Morgan fingerprint density at radius 3 is 2.94 bits per heavy atom. The molecule has 1 aromatic heterocycles. The van der Waals surface area contributed by atoms with Gasteiger partial charge in [-0.15, -0.1) is 11.3 Å². The summed E-state index contributed by atoms with van der Waals surface area (Å²) < 4.78 is 0.614. The van der Waals surface area contributed by atoms with Gasteiger partial charge in [-0.3, -0.25) is 4.79 Å². The van der Waals surface area contributed by atoms with Gasteiger partial charge in [0.25, 0.3) is 0 Å². The van der Waals surface area contributed by atoms with Crippen LogP contribution in [-0.2, 0) is 11.3 Å². The van der Waals surface area contributed by atoms with Crippen molar-refractivity contribution >= 4 is 45.6 Å². The van der Waals surface area contributed by atoms with Crippen molar-refractivity contribution in [3.8, 4) is 0 Å². The lowest BCUT2D eigenvalue weighted by atomic mass is 10.4. The molecular formula is C10H13NO2S3. The molecule has 0 saturated heterocycles. The van der Waals surface area contributed by atoms with Crippen LogP contribution >= 0.6 is 35.3 Å². The summed E-state index contributed by atoms with van der Waals surface area (Å²) in [5.74, 6) is -0.836. The average molecular weight is 275 g/mol. The minimum absolute atomic E-state index is 0.502. The van der Waals surface area contributed by atoms with Crippen molar-refractivity contribution < 1.29 is 9.90 Å². The third-order valence-corrected chi connectivity index (χ3v) is 4.44. The van der Waals surface area contributed by atoms with Crippen LogP contribution in [0.5, 0.6) is 0 Å². The Kier molecular flexibility index (Phi) is 5.24. The van der Waals surface area contributed by atoms with E-state index in [2.05, 4.69) is 0 Å². The van der Waals surface area contributed by atoms with E-state index in [1.165, 1.54) is 16.6 Å². The van der Waals surface area contributed by atoms with Crippen LogP contribution in [0, 0.1) is 0 Å². The number of carboxylic acid groups (broad SMARTS) is 1. The van der Waals surface area contributed by atoms with E-state index in [1.807, 2.05) is 29.5 Å². The van der Waals surface area contributed by atoms with E-state index in [9.17, 15) is 4.79 Å². The largest absolute Gasteiger partial charge is 0.480 e. The Balaban J connectivity index is 2.45. The molecule has 1 rings (SSSR count). The fourth-order valence-corrected chi connectivity index (χ4v) is 2.90. The highest BCUT2D eigenvalue weighted by atomic mass is 32.2. The first-order valence-corrected chi connectivity index (χ1v) is 6.84. The van der Waals surface area contributed by atoms with Gasteiger partial charge in [0, 0.05) is 11.9 Å². The van der Waals surface area contributed by atoms with E-state index in [0.29, 0.717) is 4.32 Å². The maximum absolute atomic E-state index is 10.7. The average Bonchev–Trinajstić information content (AvgIpc) is 2.69. The van der Waals surface area contributed by atoms with Crippen LogP contribution in [0.15, 0.2) is 17.5 Å². The smallest absolute Gasteiger partial charge is 0.316 e. The van der Waals surface area contributed by atoms with Gasteiger partial charge in [0.15, 0.2) is 0 Å². The van der Waals surface area contributed by atoms with Gasteiger partial charge in [-0.25, -0.2) is 0 Å². The second kappa shape index (κ2) is 6.22. The zero-order valence-electron chi connectivity index (χ0n) is 9.04. The number of carbonyl (C=O) groups is 1. The van der Waals surface area contributed by atoms with E-state index < -0.39 is 11.2 Å². The number of thioether (sulfide) groups is 1. The number of rotatable bonds is 4. The standard InChI is InChI=1S/C10H13NO2S3/c1-7(9(12)13)16-10(14)11(2)6-8-4-3-5-15-8/h3-5,7H,6H2,1-2H3,(H,12,13)/t7-/m1/s1. The third kappa shape index (κ3) is 4.11.